The lowest BCUT2D eigenvalue weighted by molar-refractivity contribution is 0.580. The third kappa shape index (κ3) is 2.39. The molecule has 84 valence electrons. The van der Waals surface area contributed by atoms with E-state index in [4.69, 9.17) is 5.73 Å². The summed E-state index contributed by atoms with van der Waals surface area (Å²) in [5, 5.41) is 0. The molecule has 1 fully saturated rings. The highest BCUT2D eigenvalue weighted by atomic mass is 32.2. The van der Waals surface area contributed by atoms with Gasteiger partial charge in [-0.05, 0) is 24.5 Å². The maximum absolute atomic E-state index is 11.8. The summed E-state index contributed by atoms with van der Waals surface area (Å²) in [6.45, 7) is 2.42. The second-order valence-corrected chi connectivity index (χ2v) is 6.97. The number of thiophene rings is 1. The van der Waals surface area contributed by atoms with E-state index in [1.807, 2.05) is 6.92 Å². The average molecular weight is 246 g/mol. The molecule has 6 heteroatoms. The second-order valence-electron chi connectivity index (χ2n) is 3.87. The van der Waals surface area contributed by atoms with Gasteiger partial charge in [0.25, 0.3) is 0 Å². The van der Waals surface area contributed by atoms with E-state index in [9.17, 15) is 8.42 Å². The molecular weight excluding hydrogens is 232 g/mol. The van der Waals surface area contributed by atoms with Gasteiger partial charge in [0.15, 0.2) is 0 Å². The Kier molecular flexibility index (Phi) is 2.85. The number of hydrogen-bond acceptors (Lipinski definition) is 4. The van der Waals surface area contributed by atoms with Crippen molar-refractivity contribution in [2.75, 3.05) is 0 Å². The van der Waals surface area contributed by atoms with E-state index in [1.165, 1.54) is 11.3 Å². The number of hydrogen-bond donors (Lipinski definition) is 2. The fourth-order valence-electron chi connectivity index (χ4n) is 1.36. The smallest absolute Gasteiger partial charge is 0.250 e. The molecule has 1 aliphatic rings. The summed E-state index contributed by atoms with van der Waals surface area (Å²) >= 11 is 1.24. The Morgan fingerprint density at radius 1 is 1.60 bits per heavy atom. The molecule has 3 N–H and O–H groups in total. The number of rotatable bonds is 4. The largest absolute Gasteiger partial charge is 0.326 e. The molecule has 0 amide bonds. The van der Waals surface area contributed by atoms with Crippen LogP contribution in [0.15, 0.2) is 16.3 Å². The Labute approximate surface area is 93.5 Å². The van der Waals surface area contributed by atoms with Gasteiger partial charge in [0.1, 0.15) is 4.21 Å². The second kappa shape index (κ2) is 3.86. The van der Waals surface area contributed by atoms with Crippen molar-refractivity contribution in [3.8, 4) is 0 Å². The fraction of sp³-hybridized carbons (Fsp3) is 0.556. The molecule has 0 saturated heterocycles. The SMILES string of the molecule is CC1CC1NS(=O)(=O)c1ccc(CN)s1. The van der Waals surface area contributed by atoms with Gasteiger partial charge in [-0.2, -0.15) is 0 Å². The topological polar surface area (TPSA) is 72.2 Å². The summed E-state index contributed by atoms with van der Waals surface area (Å²) in [4.78, 5) is 0.888. The highest BCUT2D eigenvalue weighted by molar-refractivity contribution is 7.91. The van der Waals surface area contributed by atoms with Gasteiger partial charge in [0.05, 0.1) is 0 Å². The van der Waals surface area contributed by atoms with Crippen LogP contribution in [0.25, 0.3) is 0 Å². The van der Waals surface area contributed by atoms with Crippen LogP contribution in [0, 0.1) is 5.92 Å². The van der Waals surface area contributed by atoms with Crippen LogP contribution in [0.4, 0.5) is 0 Å². The maximum atomic E-state index is 11.8. The lowest BCUT2D eigenvalue weighted by Gasteiger charge is -2.02. The lowest BCUT2D eigenvalue weighted by atomic mass is 10.5. The minimum absolute atomic E-state index is 0.124. The van der Waals surface area contributed by atoms with Crippen molar-refractivity contribution in [2.24, 2.45) is 11.7 Å². The van der Waals surface area contributed by atoms with Crippen LogP contribution in [0.5, 0.6) is 0 Å². The predicted octanol–water partition coefficient (Wildman–Crippen LogP) is 0.894. The van der Waals surface area contributed by atoms with Crippen LogP contribution in [0.3, 0.4) is 0 Å². The van der Waals surface area contributed by atoms with E-state index in [0.29, 0.717) is 16.7 Å². The predicted molar refractivity (Wildman–Crippen MR) is 60.1 cm³/mol. The minimum Gasteiger partial charge on any atom is -0.326 e. The monoisotopic (exact) mass is 246 g/mol. The van der Waals surface area contributed by atoms with Crippen molar-refractivity contribution < 1.29 is 8.42 Å². The van der Waals surface area contributed by atoms with Gasteiger partial charge in [-0.3, -0.25) is 0 Å². The van der Waals surface area contributed by atoms with E-state index in [1.54, 1.807) is 12.1 Å². The summed E-state index contributed by atoms with van der Waals surface area (Å²) in [7, 11) is -3.31. The van der Waals surface area contributed by atoms with Crippen molar-refractivity contribution in [3.05, 3.63) is 17.0 Å². The Bertz CT molecular complexity index is 452. The summed E-state index contributed by atoms with van der Waals surface area (Å²) in [6, 6.07) is 3.50. The van der Waals surface area contributed by atoms with Gasteiger partial charge in [-0.25, -0.2) is 13.1 Å². The Morgan fingerprint density at radius 3 is 2.73 bits per heavy atom. The highest BCUT2D eigenvalue weighted by Crippen LogP contribution is 2.31. The van der Waals surface area contributed by atoms with Crippen molar-refractivity contribution in [1.29, 1.82) is 0 Å². The molecule has 0 aromatic carbocycles. The normalized spacial score (nSPS) is 25.5. The number of nitrogens with one attached hydrogen (secondary N) is 1. The van der Waals surface area contributed by atoms with Gasteiger partial charge in [0.2, 0.25) is 10.0 Å². The van der Waals surface area contributed by atoms with Crippen LogP contribution in [0.2, 0.25) is 0 Å². The molecule has 1 aromatic heterocycles. The lowest BCUT2D eigenvalue weighted by Crippen LogP contribution is -2.26. The zero-order chi connectivity index (χ0) is 11.1. The van der Waals surface area contributed by atoms with E-state index in [-0.39, 0.29) is 6.04 Å². The minimum atomic E-state index is -3.31. The van der Waals surface area contributed by atoms with Crippen LogP contribution in [-0.4, -0.2) is 14.5 Å². The van der Waals surface area contributed by atoms with Crippen molar-refractivity contribution in [2.45, 2.75) is 30.1 Å². The summed E-state index contributed by atoms with van der Waals surface area (Å²) in [6.07, 6.45) is 0.939. The van der Waals surface area contributed by atoms with Crippen molar-refractivity contribution in [3.63, 3.8) is 0 Å². The molecule has 2 rings (SSSR count). The Morgan fingerprint density at radius 2 is 2.27 bits per heavy atom. The van der Waals surface area contributed by atoms with Crippen LogP contribution in [0.1, 0.15) is 18.2 Å². The van der Waals surface area contributed by atoms with Gasteiger partial charge in [-0.15, -0.1) is 11.3 Å². The molecule has 2 atom stereocenters. The van der Waals surface area contributed by atoms with Crippen molar-refractivity contribution >= 4 is 21.4 Å². The molecule has 1 aliphatic carbocycles. The van der Waals surface area contributed by atoms with Crippen molar-refractivity contribution in [1.82, 2.24) is 4.72 Å². The Hall–Kier alpha value is -0.430. The molecule has 0 spiro atoms. The van der Waals surface area contributed by atoms with Gasteiger partial charge in [-0.1, -0.05) is 6.92 Å². The molecule has 1 heterocycles. The third-order valence-corrected chi connectivity index (χ3v) is 5.61. The summed E-state index contributed by atoms with van der Waals surface area (Å²) < 4.78 is 26.7. The molecule has 4 nitrogen and oxygen atoms in total. The molecule has 1 aromatic rings. The molecular formula is C9H14N2O2S2. The molecule has 0 aliphatic heterocycles. The van der Waals surface area contributed by atoms with Gasteiger partial charge >= 0.3 is 0 Å². The molecule has 0 bridgehead atoms. The first kappa shape index (κ1) is 11.1. The zero-order valence-corrected chi connectivity index (χ0v) is 10.1. The summed E-state index contributed by atoms with van der Waals surface area (Å²) in [5.74, 6) is 0.466. The van der Waals surface area contributed by atoms with Gasteiger partial charge in [0, 0.05) is 17.5 Å². The Balaban J connectivity index is 2.14. The van der Waals surface area contributed by atoms with E-state index >= 15 is 0 Å². The summed E-state index contributed by atoms with van der Waals surface area (Å²) in [5.41, 5.74) is 5.44. The molecule has 1 saturated carbocycles. The van der Waals surface area contributed by atoms with Crippen LogP contribution in [-0.2, 0) is 16.6 Å². The first-order chi connectivity index (χ1) is 7.03. The zero-order valence-electron chi connectivity index (χ0n) is 8.43. The average Bonchev–Trinajstić information content (AvgIpc) is 2.72. The number of sulfonamides is 1. The highest BCUT2D eigenvalue weighted by Gasteiger charge is 2.36. The third-order valence-electron chi connectivity index (χ3n) is 2.52. The van der Waals surface area contributed by atoms with Crippen LogP contribution < -0.4 is 10.5 Å². The standard InChI is InChI=1S/C9H14N2O2S2/c1-6-4-8(6)11-15(12,13)9-3-2-7(5-10)14-9/h2-3,6,8,11H,4-5,10H2,1H3. The first-order valence-electron chi connectivity index (χ1n) is 4.84. The van der Waals surface area contributed by atoms with E-state index in [0.717, 1.165) is 11.3 Å². The van der Waals surface area contributed by atoms with E-state index < -0.39 is 10.0 Å². The van der Waals surface area contributed by atoms with Crippen LogP contribution >= 0.6 is 11.3 Å². The van der Waals surface area contributed by atoms with Gasteiger partial charge < -0.3 is 5.73 Å². The number of nitrogens with two attached hydrogens (primary N) is 1. The molecule has 2 unspecified atom stereocenters. The quantitative estimate of drug-likeness (QED) is 0.829. The molecule has 0 radical (unpaired) electrons. The first-order valence-corrected chi connectivity index (χ1v) is 7.14. The van der Waals surface area contributed by atoms with E-state index in [2.05, 4.69) is 4.72 Å². The fourth-order valence-corrected chi connectivity index (χ4v) is 3.96. The maximum Gasteiger partial charge on any atom is 0.250 e. The molecule has 15 heavy (non-hydrogen) atoms.